The minimum Gasteiger partial charge on any atom is -0.396 e. The fourth-order valence-corrected chi connectivity index (χ4v) is 1.34. The predicted molar refractivity (Wildman–Crippen MR) is 37.9 cm³/mol. The number of hydrogen-bond donors (Lipinski definition) is 2. The van der Waals surface area contributed by atoms with E-state index in [4.69, 9.17) is 14.6 Å². The van der Waals surface area contributed by atoms with Crippen molar-refractivity contribution in [3.63, 3.8) is 0 Å². The van der Waals surface area contributed by atoms with E-state index in [0.717, 1.165) is 0 Å². The van der Waals surface area contributed by atoms with Crippen molar-refractivity contribution in [3.8, 4) is 0 Å². The second-order valence-corrected chi connectivity index (χ2v) is 2.68. The SMILES string of the molecule is COC1OC[C@@H](O)[C@H]1CCO. The van der Waals surface area contributed by atoms with Gasteiger partial charge in [-0.25, -0.2) is 0 Å². The second-order valence-electron chi connectivity index (χ2n) is 2.68. The standard InChI is InChI=1S/C7H14O4/c1-10-7-5(2-3-8)6(9)4-11-7/h5-9H,2-4H2,1H3/t5-,6-,7?/m1/s1. The summed E-state index contributed by atoms with van der Waals surface area (Å²) in [6.45, 7) is 0.369. The molecule has 1 unspecified atom stereocenters. The summed E-state index contributed by atoms with van der Waals surface area (Å²) in [4.78, 5) is 0. The summed E-state index contributed by atoms with van der Waals surface area (Å²) in [5.74, 6) is -0.0787. The Balaban J connectivity index is 2.42. The minimum absolute atomic E-state index is 0.0605. The number of ether oxygens (including phenoxy) is 2. The van der Waals surface area contributed by atoms with Crippen LogP contribution in [0.4, 0.5) is 0 Å². The Morgan fingerprint density at radius 3 is 2.91 bits per heavy atom. The molecule has 1 aliphatic heterocycles. The van der Waals surface area contributed by atoms with E-state index in [2.05, 4.69) is 0 Å². The largest absolute Gasteiger partial charge is 0.396 e. The molecule has 0 spiro atoms. The average Bonchev–Trinajstić information content (AvgIpc) is 2.34. The van der Waals surface area contributed by atoms with Crippen LogP contribution >= 0.6 is 0 Å². The lowest BCUT2D eigenvalue weighted by molar-refractivity contribution is -0.113. The first-order valence-corrected chi connectivity index (χ1v) is 3.73. The Kier molecular flexibility index (Phi) is 3.26. The molecule has 1 aliphatic rings. The van der Waals surface area contributed by atoms with Crippen molar-refractivity contribution in [1.82, 2.24) is 0 Å². The summed E-state index contributed by atoms with van der Waals surface area (Å²) >= 11 is 0. The van der Waals surface area contributed by atoms with E-state index >= 15 is 0 Å². The minimum atomic E-state index is -0.493. The van der Waals surface area contributed by atoms with Gasteiger partial charge in [0.1, 0.15) is 0 Å². The van der Waals surface area contributed by atoms with Gasteiger partial charge in [0, 0.05) is 19.6 Å². The smallest absolute Gasteiger partial charge is 0.162 e. The van der Waals surface area contributed by atoms with Gasteiger partial charge in [-0.05, 0) is 6.42 Å². The van der Waals surface area contributed by atoms with Gasteiger partial charge in [0.05, 0.1) is 12.7 Å². The van der Waals surface area contributed by atoms with Crippen molar-refractivity contribution in [2.45, 2.75) is 18.8 Å². The quantitative estimate of drug-likeness (QED) is 0.579. The monoisotopic (exact) mass is 162 g/mol. The molecule has 4 heteroatoms. The van der Waals surface area contributed by atoms with Gasteiger partial charge >= 0.3 is 0 Å². The lowest BCUT2D eigenvalue weighted by Crippen LogP contribution is -2.26. The molecule has 1 fully saturated rings. The van der Waals surface area contributed by atoms with Gasteiger partial charge in [0.15, 0.2) is 6.29 Å². The topological polar surface area (TPSA) is 58.9 Å². The lowest BCUT2D eigenvalue weighted by atomic mass is 10.0. The second kappa shape index (κ2) is 4.01. The summed E-state index contributed by atoms with van der Waals surface area (Å²) in [5, 5.41) is 17.9. The van der Waals surface area contributed by atoms with Gasteiger partial charge in [-0.1, -0.05) is 0 Å². The molecule has 3 atom stereocenters. The highest BCUT2D eigenvalue weighted by atomic mass is 16.7. The molecule has 4 nitrogen and oxygen atoms in total. The van der Waals surface area contributed by atoms with Gasteiger partial charge in [-0.3, -0.25) is 0 Å². The van der Waals surface area contributed by atoms with Crippen LogP contribution in [0.3, 0.4) is 0 Å². The Morgan fingerprint density at radius 1 is 1.64 bits per heavy atom. The molecule has 0 bridgehead atoms. The molecule has 2 N–H and O–H groups in total. The van der Waals surface area contributed by atoms with Crippen LogP contribution in [0, 0.1) is 5.92 Å². The maximum Gasteiger partial charge on any atom is 0.162 e. The van der Waals surface area contributed by atoms with E-state index in [0.29, 0.717) is 13.0 Å². The van der Waals surface area contributed by atoms with E-state index < -0.39 is 6.10 Å². The zero-order valence-corrected chi connectivity index (χ0v) is 6.56. The van der Waals surface area contributed by atoms with Gasteiger partial charge in [-0.15, -0.1) is 0 Å². The van der Waals surface area contributed by atoms with Crippen LogP contribution in [0.25, 0.3) is 0 Å². The maximum absolute atomic E-state index is 9.31. The number of aliphatic hydroxyl groups is 2. The molecule has 11 heavy (non-hydrogen) atoms. The predicted octanol–water partition coefficient (Wildman–Crippen LogP) is -0.651. The van der Waals surface area contributed by atoms with Crippen molar-refractivity contribution in [2.24, 2.45) is 5.92 Å². The summed E-state index contributed by atoms with van der Waals surface area (Å²) in [7, 11) is 1.53. The first kappa shape index (κ1) is 8.93. The zero-order chi connectivity index (χ0) is 8.27. The highest BCUT2D eigenvalue weighted by Gasteiger charge is 2.35. The van der Waals surface area contributed by atoms with Crippen molar-refractivity contribution < 1.29 is 19.7 Å². The number of hydrogen-bond acceptors (Lipinski definition) is 4. The third-order valence-corrected chi connectivity index (χ3v) is 1.97. The molecule has 1 saturated heterocycles. The van der Waals surface area contributed by atoms with Crippen molar-refractivity contribution >= 4 is 0 Å². The molecule has 0 saturated carbocycles. The number of rotatable bonds is 3. The van der Waals surface area contributed by atoms with Crippen LogP contribution in [-0.2, 0) is 9.47 Å². The molecule has 0 radical (unpaired) electrons. The summed E-state index contributed by atoms with van der Waals surface area (Å²) < 4.78 is 10.0. The van der Waals surface area contributed by atoms with E-state index in [1.807, 2.05) is 0 Å². The van der Waals surface area contributed by atoms with Gasteiger partial charge in [0.25, 0.3) is 0 Å². The highest BCUT2D eigenvalue weighted by molar-refractivity contribution is 4.77. The van der Waals surface area contributed by atoms with Crippen molar-refractivity contribution in [1.29, 1.82) is 0 Å². The Morgan fingerprint density at radius 2 is 2.36 bits per heavy atom. The molecular formula is C7H14O4. The van der Waals surface area contributed by atoms with E-state index in [-0.39, 0.29) is 18.8 Å². The molecular weight excluding hydrogens is 148 g/mol. The molecule has 66 valence electrons. The molecule has 0 aliphatic carbocycles. The molecule has 0 aromatic heterocycles. The molecule has 0 aromatic carbocycles. The van der Waals surface area contributed by atoms with Gasteiger partial charge in [0.2, 0.25) is 0 Å². The van der Waals surface area contributed by atoms with Gasteiger partial charge < -0.3 is 19.7 Å². The van der Waals surface area contributed by atoms with Gasteiger partial charge in [-0.2, -0.15) is 0 Å². The molecule has 1 rings (SSSR count). The Labute approximate surface area is 65.7 Å². The molecule has 0 aromatic rings. The number of methoxy groups -OCH3 is 1. The van der Waals surface area contributed by atoms with Crippen LogP contribution in [0.15, 0.2) is 0 Å². The normalized spacial score (nSPS) is 37.9. The average molecular weight is 162 g/mol. The summed E-state index contributed by atoms with van der Waals surface area (Å²) in [5.41, 5.74) is 0. The fourth-order valence-electron chi connectivity index (χ4n) is 1.34. The lowest BCUT2D eigenvalue weighted by Gasteiger charge is -2.17. The van der Waals surface area contributed by atoms with Crippen LogP contribution in [-0.4, -0.2) is 42.9 Å². The van der Waals surface area contributed by atoms with Crippen LogP contribution < -0.4 is 0 Å². The van der Waals surface area contributed by atoms with E-state index in [1.54, 1.807) is 0 Å². The molecule has 1 heterocycles. The van der Waals surface area contributed by atoms with Crippen LogP contribution in [0.5, 0.6) is 0 Å². The third kappa shape index (κ3) is 1.90. The number of aliphatic hydroxyl groups excluding tert-OH is 2. The van der Waals surface area contributed by atoms with Crippen LogP contribution in [0.1, 0.15) is 6.42 Å². The summed E-state index contributed by atoms with van der Waals surface area (Å²) in [6.07, 6.45) is -0.316. The highest BCUT2D eigenvalue weighted by Crippen LogP contribution is 2.24. The Hall–Kier alpha value is -0.160. The molecule has 0 amide bonds. The van der Waals surface area contributed by atoms with Crippen molar-refractivity contribution in [2.75, 3.05) is 20.3 Å². The van der Waals surface area contributed by atoms with E-state index in [9.17, 15) is 5.11 Å². The fraction of sp³-hybridized carbons (Fsp3) is 1.00. The first-order valence-electron chi connectivity index (χ1n) is 3.73. The Bertz CT molecular complexity index is 117. The first-order chi connectivity index (χ1) is 5.29. The van der Waals surface area contributed by atoms with Crippen LogP contribution in [0.2, 0.25) is 0 Å². The summed E-state index contributed by atoms with van der Waals surface area (Å²) in [6, 6.07) is 0. The third-order valence-electron chi connectivity index (χ3n) is 1.97. The van der Waals surface area contributed by atoms with E-state index in [1.165, 1.54) is 7.11 Å². The zero-order valence-electron chi connectivity index (χ0n) is 6.56. The maximum atomic E-state index is 9.31. The van der Waals surface area contributed by atoms with Crippen molar-refractivity contribution in [3.05, 3.63) is 0 Å².